The molecule has 2 radical (unpaired) electrons. The molecule has 6 heteroatoms. The monoisotopic (exact) mass is 283 g/mol. The number of hydrogen-bond acceptors (Lipinski definition) is 4. The van der Waals surface area contributed by atoms with Crippen LogP contribution >= 0.6 is 13.5 Å². The summed E-state index contributed by atoms with van der Waals surface area (Å²) in [5, 5.41) is 12.5. The molecule has 19 heavy (non-hydrogen) atoms. The minimum Gasteiger partial charge on any atom is -0.467 e. The van der Waals surface area contributed by atoms with E-state index in [4.69, 9.17) is 0 Å². The van der Waals surface area contributed by atoms with Gasteiger partial charge in [-0.25, -0.2) is 4.79 Å². The molecule has 0 saturated carbocycles. The Morgan fingerprint density at radius 2 is 1.79 bits per heavy atom. The highest BCUT2D eigenvalue weighted by Gasteiger charge is 2.29. The lowest BCUT2D eigenvalue weighted by atomic mass is 10.0. The van der Waals surface area contributed by atoms with E-state index in [9.17, 15) is 14.7 Å². The number of amides is 1. The Morgan fingerprint density at radius 3 is 2.21 bits per heavy atom. The zero-order valence-electron chi connectivity index (χ0n) is 11.0. The smallest absolute Gasteiger partial charge is 0.331 e. The van der Waals surface area contributed by atoms with Crippen molar-refractivity contribution in [2.75, 3.05) is 7.11 Å². The summed E-state index contributed by atoms with van der Waals surface area (Å²) >= 11 is 0. The molecule has 0 spiro atoms. The molecule has 2 N–H and O–H groups in total. The summed E-state index contributed by atoms with van der Waals surface area (Å²) in [6.45, 7) is 3.19. The number of hydrogen-bond donors (Lipinski definition) is 2. The fourth-order valence-corrected chi connectivity index (χ4v) is 1.57. The predicted octanol–water partition coefficient (Wildman–Crippen LogP) is 1.35. The van der Waals surface area contributed by atoms with Crippen LogP contribution in [0.4, 0.5) is 0 Å². The van der Waals surface area contributed by atoms with Crippen LogP contribution in [0, 0.1) is 6.92 Å². The molecule has 5 nitrogen and oxygen atoms in total. The first-order valence-electron chi connectivity index (χ1n) is 5.55. The third kappa shape index (κ3) is 4.92. The minimum atomic E-state index is -1.14. The van der Waals surface area contributed by atoms with Crippen molar-refractivity contribution >= 4 is 25.4 Å². The highest BCUT2D eigenvalue weighted by Crippen LogP contribution is 2.18. The second-order valence-electron chi connectivity index (χ2n) is 4.06. The van der Waals surface area contributed by atoms with Crippen molar-refractivity contribution in [3.63, 3.8) is 0 Å². The van der Waals surface area contributed by atoms with Crippen LogP contribution in [0.5, 0.6) is 0 Å². The number of benzene rings is 1. The van der Waals surface area contributed by atoms with E-state index in [1.54, 1.807) is 12.1 Å². The number of methoxy groups -OCH3 is 1. The summed E-state index contributed by atoms with van der Waals surface area (Å²) in [4.78, 5) is 22.6. The number of rotatable bonds is 4. The van der Waals surface area contributed by atoms with Gasteiger partial charge in [-0.3, -0.25) is 4.79 Å². The minimum absolute atomic E-state index is 0. The van der Waals surface area contributed by atoms with E-state index in [1.807, 2.05) is 19.1 Å². The molecule has 0 aliphatic carbocycles. The first-order chi connectivity index (χ1) is 8.45. The van der Waals surface area contributed by atoms with Crippen molar-refractivity contribution < 1.29 is 19.4 Å². The van der Waals surface area contributed by atoms with E-state index >= 15 is 0 Å². The molecule has 0 bridgehead atoms. The van der Waals surface area contributed by atoms with Gasteiger partial charge in [-0.15, -0.1) is 0 Å². The van der Waals surface area contributed by atoms with Crippen LogP contribution in [0.3, 0.4) is 0 Å². The van der Waals surface area contributed by atoms with E-state index in [0.29, 0.717) is 5.56 Å². The Bertz CT molecular complexity index is 433. The van der Waals surface area contributed by atoms with Gasteiger partial charge in [0.1, 0.15) is 6.10 Å². The molecular formula is C13H17NO4S. The Morgan fingerprint density at radius 1 is 1.26 bits per heavy atom. The van der Waals surface area contributed by atoms with E-state index < -0.39 is 24.0 Å². The lowest BCUT2D eigenvalue weighted by Gasteiger charge is -2.21. The highest BCUT2D eigenvalue weighted by molar-refractivity contribution is 7.59. The predicted molar refractivity (Wildman–Crippen MR) is 73.4 cm³/mol. The number of ether oxygens (including phenoxy) is 1. The molecule has 1 amide bonds. The molecule has 0 aromatic heterocycles. The van der Waals surface area contributed by atoms with Gasteiger partial charge in [0, 0.05) is 20.4 Å². The van der Waals surface area contributed by atoms with Crippen molar-refractivity contribution in [1.29, 1.82) is 0 Å². The quantitative estimate of drug-likeness (QED) is 0.818. The molecule has 104 valence electrons. The second kappa shape index (κ2) is 7.81. The van der Waals surface area contributed by atoms with Gasteiger partial charge in [0.25, 0.3) is 0 Å². The molecule has 0 fully saturated rings. The lowest BCUT2D eigenvalue weighted by Crippen LogP contribution is -2.44. The molecule has 0 aliphatic rings. The van der Waals surface area contributed by atoms with Crippen LogP contribution in [-0.4, -0.2) is 30.1 Å². The fraction of sp³-hybridized carbons (Fsp3) is 0.385. The Balaban J connectivity index is 0.00000324. The highest BCUT2D eigenvalue weighted by atomic mass is 32.1. The number of esters is 1. The molecule has 0 unspecified atom stereocenters. The molecule has 0 saturated heterocycles. The van der Waals surface area contributed by atoms with Gasteiger partial charge in [-0.05, 0) is 12.5 Å². The second-order valence-corrected chi connectivity index (χ2v) is 4.06. The number of aliphatic hydroxyl groups excluding tert-OH is 1. The third-order valence-corrected chi connectivity index (χ3v) is 2.55. The van der Waals surface area contributed by atoms with Crippen LogP contribution in [0.2, 0.25) is 0 Å². The summed E-state index contributed by atoms with van der Waals surface area (Å²) in [5.74, 6) is -1.09. The molecular weight excluding hydrogens is 266 g/mol. The third-order valence-electron chi connectivity index (χ3n) is 2.55. The SMILES string of the molecule is COC(=O)[C@@H](NC(C)=O)[C@H](O)c1ccc(C)cc1.[S]. The van der Waals surface area contributed by atoms with E-state index in [-0.39, 0.29) is 13.5 Å². The van der Waals surface area contributed by atoms with Crippen LogP contribution < -0.4 is 5.32 Å². The average Bonchev–Trinajstić information content (AvgIpc) is 2.35. The zero-order valence-corrected chi connectivity index (χ0v) is 11.9. The van der Waals surface area contributed by atoms with Crippen molar-refractivity contribution in [3.8, 4) is 0 Å². The van der Waals surface area contributed by atoms with Crippen LogP contribution in [0.25, 0.3) is 0 Å². The topological polar surface area (TPSA) is 75.6 Å². The normalized spacial score (nSPS) is 12.8. The van der Waals surface area contributed by atoms with Crippen LogP contribution in [-0.2, 0) is 14.3 Å². The molecule has 1 aromatic carbocycles. The number of carbonyl (C=O) groups is 2. The summed E-state index contributed by atoms with van der Waals surface area (Å²) in [6.07, 6.45) is -1.14. The Labute approximate surface area is 119 Å². The largest absolute Gasteiger partial charge is 0.467 e. The molecule has 0 heterocycles. The van der Waals surface area contributed by atoms with Crippen molar-refractivity contribution in [2.45, 2.75) is 26.0 Å². The van der Waals surface area contributed by atoms with Gasteiger partial charge in [-0.1, -0.05) is 29.8 Å². The van der Waals surface area contributed by atoms with E-state index in [1.165, 1.54) is 14.0 Å². The van der Waals surface area contributed by atoms with Gasteiger partial charge in [-0.2, -0.15) is 0 Å². The van der Waals surface area contributed by atoms with Gasteiger partial charge in [0.2, 0.25) is 5.91 Å². The number of nitrogens with one attached hydrogen (secondary N) is 1. The first kappa shape index (κ1) is 17.5. The average molecular weight is 283 g/mol. The summed E-state index contributed by atoms with van der Waals surface area (Å²) in [5.41, 5.74) is 1.59. The number of carbonyl (C=O) groups excluding carboxylic acids is 2. The maximum absolute atomic E-state index is 11.5. The van der Waals surface area contributed by atoms with Crippen LogP contribution in [0.1, 0.15) is 24.2 Å². The molecule has 0 aliphatic heterocycles. The van der Waals surface area contributed by atoms with Gasteiger partial charge >= 0.3 is 5.97 Å². The summed E-state index contributed by atoms with van der Waals surface area (Å²) < 4.78 is 4.57. The van der Waals surface area contributed by atoms with Crippen LogP contribution in [0.15, 0.2) is 24.3 Å². The zero-order chi connectivity index (χ0) is 13.7. The number of aliphatic hydroxyl groups is 1. The fourth-order valence-electron chi connectivity index (χ4n) is 1.57. The van der Waals surface area contributed by atoms with Gasteiger partial charge in [0.15, 0.2) is 6.04 Å². The maximum atomic E-state index is 11.5. The summed E-state index contributed by atoms with van der Waals surface area (Å²) in [7, 11) is 1.21. The van der Waals surface area contributed by atoms with Crippen molar-refractivity contribution in [2.24, 2.45) is 0 Å². The van der Waals surface area contributed by atoms with Crippen molar-refractivity contribution in [1.82, 2.24) is 5.32 Å². The number of aryl methyl sites for hydroxylation is 1. The summed E-state index contributed by atoms with van der Waals surface area (Å²) in [6, 6.07) is 5.95. The lowest BCUT2D eigenvalue weighted by molar-refractivity contribution is -0.148. The maximum Gasteiger partial charge on any atom is 0.331 e. The molecule has 1 aromatic rings. The van der Waals surface area contributed by atoms with Gasteiger partial charge < -0.3 is 15.2 Å². The van der Waals surface area contributed by atoms with Gasteiger partial charge in [0.05, 0.1) is 7.11 Å². The molecule has 2 atom stereocenters. The standard InChI is InChI=1S/C13H17NO4.S/c1-8-4-6-10(7-5-8)12(16)11(13(17)18-3)14-9(2)15;/h4-7,11-12,16H,1-3H3,(H,14,15);/t11-,12+;/m0./s1. The van der Waals surface area contributed by atoms with E-state index in [0.717, 1.165) is 5.56 Å². The first-order valence-corrected chi connectivity index (χ1v) is 5.55. The molecule has 1 rings (SSSR count). The van der Waals surface area contributed by atoms with Crippen molar-refractivity contribution in [3.05, 3.63) is 35.4 Å². The van der Waals surface area contributed by atoms with E-state index in [2.05, 4.69) is 10.1 Å². The Hall–Kier alpha value is -1.53. The Kier molecular flexibility index (Phi) is 7.18.